The van der Waals surface area contributed by atoms with Crippen LogP contribution in [0.4, 0.5) is 0 Å². The van der Waals surface area contributed by atoms with Gasteiger partial charge >= 0.3 is 280 Å². The normalized spacial score (nSPS) is 13.1. The van der Waals surface area contributed by atoms with E-state index in [0.717, 1.165) is 0 Å². The van der Waals surface area contributed by atoms with Gasteiger partial charge in [-0.05, 0) is 0 Å². The molecule has 3 heteroatoms. The van der Waals surface area contributed by atoms with Gasteiger partial charge in [-0.3, -0.25) is 0 Å². The van der Waals surface area contributed by atoms with Gasteiger partial charge in [0.1, 0.15) is 0 Å². The molecule has 0 unspecified atom stereocenters. The summed E-state index contributed by atoms with van der Waals surface area (Å²) in [5, 5.41) is 0. The zero-order chi connectivity index (χ0) is 31.1. The van der Waals surface area contributed by atoms with Gasteiger partial charge in [0.2, 0.25) is 0 Å². The van der Waals surface area contributed by atoms with Crippen LogP contribution >= 0.6 is 0 Å². The van der Waals surface area contributed by atoms with E-state index in [2.05, 4.69) is 177 Å². The van der Waals surface area contributed by atoms with E-state index in [1.807, 2.05) is 0 Å². The van der Waals surface area contributed by atoms with Crippen LogP contribution in [-0.2, 0) is 23.1 Å². The SMILES string of the molecule is CC(C)([CH2][Sn]([CH2]C(C)(C)c1ccccc1)[O][Sn]([CH2]C(C)(C)c1ccccc1)[CH2]C(C)(C)c1ccccc1)c1ccccc1. The zero-order valence-electron chi connectivity index (χ0n) is 27.8. The average Bonchev–Trinajstić information content (AvgIpc) is 2.98. The van der Waals surface area contributed by atoms with Gasteiger partial charge in [0.05, 0.1) is 0 Å². The van der Waals surface area contributed by atoms with Crippen molar-refractivity contribution in [3.05, 3.63) is 144 Å². The molecule has 0 saturated carbocycles. The van der Waals surface area contributed by atoms with Gasteiger partial charge in [0, 0.05) is 0 Å². The molecule has 0 amide bonds. The summed E-state index contributed by atoms with van der Waals surface area (Å²) in [5.74, 6) is 0. The van der Waals surface area contributed by atoms with Crippen LogP contribution in [0, 0.1) is 0 Å². The Morgan fingerprint density at radius 2 is 0.535 bits per heavy atom. The van der Waals surface area contributed by atoms with Crippen molar-refractivity contribution in [3.8, 4) is 0 Å². The van der Waals surface area contributed by atoms with Crippen LogP contribution in [0.3, 0.4) is 0 Å². The van der Waals surface area contributed by atoms with Crippen molar-refractivity contribution in [2.75, 3.05) is 0 Å². The summed E-state index contributed by atoms with van der Waals surface area (Å²) < 4.78 is 12.7. The van der Waals surface area contributed by atoms with E-state index < -0.39 is 40.3 Å². The minimum absolute atomic E-state index is 0.0982. The van der Waals surface area contributed by atoms with Gasteiger partial charge < -0.3 is 0 Å². The second-order valence-electron chi connectivity index (χ2n) is 14.9. The first-order chi connectivity index (χ1) is 20.3. The summed E-state index contributed by atoms with van der Waals surface area (Å²) in [7, 11) is 0. The Labute approximate surface area is 278 Å². The summed E-state index contributed by atoms with van der Waals surface area (Å²) in [5.41, 5.74) is 6.15. The summed E-state index contributed by atoms with van der Waals surface area (Å²) in [6, 6.07) is 44.7. The van der Waals surface area contributed by atoms with Crippen LogP contribution in [0.2, 0.25) is 17.7 Å². The van der Waals surface area contributed by atoms with E-state index in [-0.39, 0.29) is 21.7 Å². The molecule has 0 spiro atoms. The molecule has 0 aliphatic rings. The Morgan fingerprint density at radius 1 is 0.349 bits per heavy atom. The number of rotatable bonds is 14. The van der Waals surface area contributed by atoms with Crippen LogP contribution in [0.5, 0.6) is 0 Å². The number of benzene rings is 4. The van der Waals surface area contributed by atoms with Gasteiger partial charge in [-0.25, -0.2) is 0 Å². The second-order valence-corrected chi connectivity index (χ2v) is 29.6. The number of hydrogen-bond donors (Lipinski definition) is 0. The van der Waals surface area contributed by atoms with Gasteiger partial charge in [-0.2, -0.15) is 0 Å². The molecule has 0 aliphatic heterocycles. The van der Waals surface area contributed by atoms with Crippen molar-refractivity contribution >= 4 is 40.3 Å². The van der Waals surface area contributed by atoms with E-state index in [0.29, 0.717) is 0 Å². The first-order valence-corrected chi connectivity index (χ1v) is 26.3. The maximum atomic E-state index is 7.87. The molecule has 43 heavy (non-hydrogen) atoms. The first kappa shape index (κ1) is 34.3. The molecule has 0 fully saturated rings. The van der Waals surface area contributed by atoms with Gasteiger partial charge in [0.25, 0.3) is 0 Å². The molecule has 0 saturated heterocycles. The molecule has 2 radical (unpaired) electrons. The Morgan fingerprint density at radius 3 is 0.721 bits per heavy atom. The third-order valence-electron chi connectivity index (χ3n) is 9.07. The molecule has 0 heterocycles. The van der Waals surface area contributed by atoms with E-state index >= 15 is 0 Å². The molecule has 1 nitrogen and oxygen atoms in total. The van der Waals surface area contributed by atoms with Crippen molar-refractivity contribution < 1.29 is 1.41 Å². The van der Waals surface area contributed by atoms with Crippen LogP contribution in [-0.4, -0.2) is 40.3 Å². The molecule has 4 aromatic rings. The fraction of sp³-hybridized carbons (Fsp3) is 0.400. The van der Waals surface area contributed by atoms with Crippen molar-refractivity contribution in [2.24, 2.45) is 0 Å². The standard InChI is InChI=1S/4C10H13.O.2Sn/c4*1-10(2,3)9-7-5-4-6-8-9;;;/h4*4-8H,1H2,2-3H3;;;. The van der Waals surface area contributed by atoms with Crippen LogP contribution in [0.15, 0.2) is 121 Å². The Kier molecular flexibility index (Phi) is 11.7. The van der Waals surface area contributed by atoms with Crippen molar-refractivity contribution in [3.63, 3.8) is 0 Å². The molecule has 4 rings (SSSR count). The third kappa shape index (κ3) is 9.71. The average molecular weight is 786 g/mol. The molecule has 0 aromatic heterocycles. The van der Waals surface area contributed by atoms with Gasteiger partial charge in [-0.1, -0.05) is 0 Å². The fourth-order valence-electron chi connectivity index (χ4n) is 6.41. The Bertz CT molecular complexity index is 1160. The van der Waals surface area contributed by atoms with Crippen LogP contribution in [0.1, 0.15) is 77.6 Å². The molecule has 0 bridgehead atoms. The van der Waals surface area contributed by atoms with E-state index in [1.54, 1.807) is 0 Å². The second kappa shape index (κ2) is 14.7. The fourth-order valence-corrected chi connectivity index (χ4v) is 36.0. The monoisotopic (exact) mass is 788 g/mol. The minimum atomic E-state index is -2.43. The Hall–Kier alpha value is -1.56. The predicted octanol–water partition coefficient (Wildman–Crippen LogP) is 10.9. The Balaban J connectivity index is 1.70. The van der Waals surface area contributed by atoms with E-state index in [4.69, 9.17) is 1.41 Å². The molecule has 0 atom stereocenters. The maximum absolute atomic E-state index is 7.87. The number of hydrogen-bond acceptors (Lipinski definition) is 1. The van der Waals surface area contributed by atoms with Gasteiger partial charge in [0.15, 0.2) is 0 Å². The molecular formula is C40H52OSn2. The molecular weight excluding hydrogens is 734 g/mol. The summed E-state index contributed by atoms with van der Waals surface area (Å²) in [6.07, 6.45) is 0. The quantitative estimate of drug-likeness (QED) is 0.116. The van der Waals surface area contributed by atoms with E-state index in [1.165, 1.54) is 40.0 Å². The van der Waals surface area contributed by atoms with Crippen molar-refractivity contribution in [2.45, 2.75) is 94.8 Å². The van der Waals surface area contributed by atoms with Crippen molar-refractivity contribution in [1.82, 2.24) is 0 Å². The summed E-state index contributed by atoms with van der Waals surface area (Å²) >= 11 is -4.85. The summed E-state index contributed by atoms with van der Waals surface area (Å²) in [6.45, 7) is 19.6. The van der Waals surface area contributed by atoms with E-state index in [9.17, 15) is 0 Å². The third-order valence-corrected chi connectivity index (χ3v) is 36.4. The molecule has 226 valence electrons. The summed E-state index contributed by atoms with van der Waals surface area (Å²) in [4.78, 5) is 0. The topological polar surface area (TPSA) is 9.23 Å². The van der Waals surface area contributed by atoms with Crippen molar-refractivity contribution in [1.29, 1.82) is 0 Å². The molecule has 0 aliphatic carbocycles. The van der Waals surface area contributed by atoms with Gasteiger partial charge in [-0.15, -0.1) is 0 Å². The predicted molar refractivity (Wildman–Crippen MR) is 190 cm³/mol. The van der Waals surface area contributed by atoms with Crippen LogP contribution < -0.4 is 0 Å². The zero-order valence-corrected chi connectivity index (χ0v) is 33.5. The molecule has 4 aromatic carbocycles. The first-order valence-electron chi connectivity index (χ1n) is 15.9. The molecule has 0 N–H and O–H groups in total. The van der Waals surface area contributed by atoms with Crippen LogP contribution in [0.25, 0.3) is 0 Å².